The molecule has 0 spiro atoms. The van der Waals surface area contributed by atoms with Crippen LogP contribution >= 0.6 is 0 Å². The van der Waals surface area contributed by atoms with E-state index in [0.717, 1.165) is 16.7 Å². The van der Waals surface area contributed by atoms with Crippen molar-refractivity contribution in [3.63, 3.8) is 0 Å². The van der Waals surface area contributed by atoms with Crippen molar-refractivity contribution in [3.8, 4) is 16.9 Å². The second kappa shape index (κ2) is 11.6. The fourth-order valence-corrected chi connectivity index (χ4v) is 6.43. The van der Waals surface area contributed by atoms with Crippen LogP contribution in [-0.2, 0) is 10.0 Å². The summed E-state index contributed by atoms with van der Waals surface area (Å²) in [5.41, 5.74) is 3.54. The molecule has 2 N–H and O–H groups in total. The molecule has 1 heterocycles. The van der Waals surface area contributed by atoms with Gasteiger partial charge in [-0.1, -0.05) is 55.5 Å². The molecule has 0 radical (unpaired) electrons. The number of benzene rings is 3. The van der Waals surface area contributed by atoms with Gasteiger partial charge in [-0.15, -0.1) is 0 Å². The molecule has 0 saturated heterocycles. The molecule has 1 aliphatic rings. The Kier molecular flexibility index (Phi) is 8.40. The number of aliphatic hydroxyl groups is 1. The highest BCUT2D eigenvalue weighted by Crippen LogP contribution is 2.37. The number of likely N-dealkylation sites (N-methyl/N-ethyl adjacent to an activating group) is 1. The van der Waals surface area contributed by atoms with E-state index in [1.54, 1.807) is 32.2 Å². The van der Waals surface area contributed by atoms with Gasteiger partial charge in [0.25, 0.3) is 0 Å². The van der Waals surface area contributed by atoms with E-state index in [4.69, 9.17) is 4.74 Å². The maximum absolute atomic E-state index is 13.7. The molecule has 3 aromatic carbocycles. The van der Waals surface area contributed by atoms with Gasteiger partial charge in [-0.25, -0.2) is 13.2 Å². The van der Waals surface area contributed by atoms with Crippen molar-refractivity contribution < 1.29 is 23.1 Å². The first-order chi connectivity index (χ1) is 18.1. The SMILES string of the molecule is Cc1ccccc1-c1ccc2c(c1)O[C@@H](CN(C)C(=O)Nc1ccccc1)[C@@H](C)CN([C@H](C)CO)S2(=O)=O. The van der Waals surface area contributed by atoms with Crippen LogP contribution in [0.3, 0.4) is 0 Å². The van der Waals surface area contributed by atoms with E-state index in [1.165, 1.54) is 9.21 Å². The standard InChI is InChI=1S/C29H35N3O5S/c1-20-10-8-9-13-25(20)23-14-15-28-26(16-23)37-27(21(2)17-32(22(3)19-33)38(28,35)36)18-31(4)29(34)30-24-11-6-5-7-12-24/h5-16,21-22,27,33H,17-19H2,1-4H3,(H,30,34)/t21-,22+,27-/m0/s1. The van der Waals surface area contributed by atoms with Gasteiger partial charge in [0.15, 0.2) is 0 Å². The Morgan fingerprint density at radius 3 is 2.50 bits per heavy atom. The summed E-state index contributed by atoms with van der Waals surface area (Å²) >= 11 is 0. The molecular weight excluding hydrogens is 502 g/mol. The van der Waals surface area contributed by atoms with Crippen LogP contribution in [0.1, 0.15) is 19.4 Å². The van der Waals surface area contributed by atoms with Crippen molar-refractivity contribution in [3.05, 3.63) is 78.4 Å². The van der Waals surface area contributed by atoms with E-state index in [2.05, 4.69) is 5.32 Å². The second-order valence-corrected chi connectivity index (χ2v) is 11.8. The smallest absolute Gasteiger partial charge is 0.321 e. The maximum Gasteiger partial charge on any atom is 0.321 e. The number of hydrogen-bond acceptors (Lipinski definition) is 5. The van der Waals surface area contributed by atoms with Crippen LogP contribution < -0.4 is 10.1 Å². The fraction of sp³-hybridized carbons (Fsp3) is 0.345. The summed E-state index contributed by atoms with van der Waals surface area (Å²) in [4.78, 5) is 14.5. The Morgan fingerprint density at radius 2 is 1.82 bits per heavy atom. The molecule has 0 unspecified atom stereocenters. The zero-order valence-corrected chi connectivity index (χ0v) is 23.0. The van der Waals surface area contributed by atoms with E-state index < -0.39 is 22.2 Å². The third kappa shape index (κ3) is 5.85. The van der Waals surface area contributed by atoms with Crippen molar-refractivity contribution in [1.82, 2.24) is 9.21 Å². The van der Waals surface area contributed by atoms with Gasteiger partial charge in [-0.05, 0) is 54.8 Å². The first-order valence-electron chi connectivity index (χ1n) is 12.7. The van der Waals surface area contributed by atoms with Gasteiger partial charge >= 0.3 is 6.03 Å². The molecule has 2 amide bonds. The Morgan fingerprint density at radius 1 is 1.13 bits per heavy atom. The Balaban J connectivity index is 1.71. The molecule has 202 valence electrons. The predicted molar refractivity (Wildman–Crippen MR) is 149 cm³/mol. The summed E-state index contributed by atoms with van der Waals surface area (Å²) in [6.07, 6.45) is -0.503. The summed E-state index contributed by atoms with van der Waals surface area (Å²) in [7, 11) is -2.27. The van der Waals surface area contributed by atoms with Gasteiger partial charge in [0.05, 0.1) is 13.2 Å². The topological polar surface area (TPSA) is 99.2 Å². The number of amides is 2. The number of hydrogen-bond donors (Lipinski definition) is 2. The van der Waals surface area contributed by atoms with Crippen molar-refractivity contribution >= 4 is 21.7 Å². The molecule has 8 nitrogen and oxygen atoms in total. The number of sulfonamides is 1. The van der Waals surface area contributed by atoms with E-state index in [-0.39, 0.29) is 42.3 Å². The van der Waals surface area contributed by atoms with E-state index in [9.17, 15) is 18.3 Å². The molecule has 3 aromatic rings. The lowest BCUT2D eigenvalue weighted by molar-refractivity contribution is 0.0830. The number of fused-ring (bicyclic) bond motifs is 1. The number of para-hydroxylation sites is 1. The van der Waals surface area contributed by atoms with Crippen molar-refractivity contribution in [2.75, 3.05) is 32.1 Å². The highest BCUT2D eigenvalue weighted by Gasteiger charge is 2.38. The number of urea groups is 1. The van der Waals surface area contributed by atoms with Gasteiger partial charge in [0.1, 0.15) is 16.7 Å². The molecule has 0 fully saturated rings. The first-order valence-corrected chi connectivity index (χ1v) is 14.1. The Bertz CT molecular complexity index is 1380. The third-order valence-electron chi connectivity index (χ3n) is 6.95. The average molecular weight is 538 g/mol. The third-order valence-corrected chi connectivity index (χ3v) is 8.97. The van der Waals surface area contributed by atoms with E-state index in [0.29, 0.717) is 5.69 Å². The minimum atomic E-state index is -3.95. The van der Waals surface area contributed by atoms with Gasteiger partial charge < -0.3 is 20.1 Å². The molecule has 0 aliphatic carbocycles. The normalized spacial score (nSPS) is 19.8. The zero-order chi connectivity index (χ0) is 27.4. The zero-order valence-electron chi connectivity index (χ0n) is 22.2. The number of nitrogens with one attached hydrogen (secondary N) is 1. The molecule has 4 rings (SSSR count). The average Bonchev–Trinajstić information content (AvgIpc) is 2.90. The number of carbonyl (C=O) groups is 1. The largest absolute Gasteiger partial charge is 0.487 e. The van der Waals surface area contributed by atoms with Gasteiger partial charge in [-0.2, -0.15) is 4.31 Å². The van der Waals surface area contributed by atoms with Gasteiger partial charge in [0, 0.05) is 31.2 Å². The minimum Gasteiger partial charge on any atom is -0.487 e. The number of rotatable bonds is 6. The number of aryl methyl sites for hydroxylation is 1. The number of aliphatic hydroxyl groups excluding tert-OH is 1. The Hall–Kier alpha value is -3.40. The van der Waals surface area contributed by atoms with Crippen molar-refractivity contribution in [2.45, 2.75) is 37.8 Å². The van der Waals surface area contributed by atoms with Crippen molar-refractivity contribution in [1.29, 1.82) is 0 Å². The number of anilines is 1. The molecule has 9 heteroatoms. The monoisotopic (exact) mass is 537 g/mol. The highest BCUT2D eigenvalue weighted by molar-refractivity contribution is 7.89. The predicted octanol–water partition coefficient (Wildman–Crippen LogP) is 4.59. The van der Waals surface area contributed by atoms with Gasteiger partial charge in [-0.3, -0.25) is 0 Å². The minimum absolute atomic E-state index is 0.0448. The molecular formula is C29H35N3O5S. The van der Waals surface area contributed by atoms with Crippen LogP contribution in [0, 0.1) is 12.8 Å². The molecule has 3 atom stereocenters. The van der Waals surface area contributed by atoms with E-state index in [1.807, 2.05) is 68.4 Å². The second-order valence-electron chi connectivity index (χ2n) is 9.89. The van der Waals surface area contributed by atoms with Gasteiger partial charge in [0.2, 0.25) is 10.0 Å². The van der Waals surface area contributed by atoms with Crippen LogP contribution in [0.15, 0.2) is 77.7 Å². The van der Waals surface area contributed by atoms with Crippen LogP contribution in [0.4, 0.5) is 10.5 Å². The summed E-state index contributed by atoms with van der Waals surface area (Å²) in [5, 5.41) is 12.7. The van der Waals surface area contributed by atoms with Crippen molar-refractivity contribution in [2.24, 2.45) is 5.92 Å². The quantitative estimate of drug-likeness (QED) is 0.479. The lowest BCUT2D eigenvalue weighted by Crippen LogP contribution is -2.50. The number of ether oxygens (including phenoxy) is 1. The summed E-state index contributed by atoms with van der Waals surface area (Å²) in [6, 6.07) is 21.2. The molecule has 1 aliphatic heterocycles. The molecule has 0 bridgehead atoms. The first kappa shape index (κ1) is 27.6. The highest BCUT2D eigenvalue weighted by atomic mass is 32.2. The Labute approximate surface area is 224 Å². The molecule has 0 saturated carbocycles. The molecule has 0 aromatic heterocycles. The number of nitrogens with zero attached hydrogens (tertiary/aromatic N) is 2. The van der Waals surface area contributed by atoms with E-state index >= 15 is 0 Å². The fourth-order valence-electron chi connectivity index (χ4n) is 4.60. The summed E-state index contributed by atoms with van der Waals surface area (Å²) in [6.45, 7) is 5.64. The van der Waals surface area contributed by atoms with Crippen LogP contribution in [0.2, 0.25) is 0 Å². The van der Waals surface area contributed by atoms with Crippen LogP contribution in [0.5, 0.6) is 5.75 Å². The molecule has 38 heavy (non-hydrogen) atoms. The van der Waals surface area contributed by atoms with Crippen LogP contribution in [-0.4, -0.2) is 67.7 Å². The maximum atomic E-state index is 13.7. The summed E-state index contributed by atoms with van der Waals surface area (Å²) < 4.78 is 35.2. The number of carbonyl (C=O) groups excluding carboxylic acids is 1. The lowest BCUT2D eigenvalue weighted by atomic mass is 10.00. The lowest BCUT2D eigenvalue weighted by Gasteiger charge is -2.37. The summed E-state index contributed by atoms with van der Waals surface area (Å²) in [5.74, 6) is -0.0460. The van der Waals surface area contributed by atoms with Crippen LogP contribution in [0.25, 0.3) is 11.1 Å².